The third-order valence-electron chi connectivity index (χ3n) is 4.63. The lowest BCUT2D eigenvalue weighted by Crippen LogP contribution is -2.18. The van der Waals surface area contributed by atoms with Crippen LogP contribution in [-0.4, -0.2) is 5.71 Å². The quantitative estimate of drug-likeness (QED) is 0.315. The molecule has 0 aromatic carbocycles. The van der Waals surface area contributed by atoms with Crippen molar-refractivity contribution in [3.8, 4) is 0 Å². The Labute approximate surface area is 133 Å². The van der Waals surface area contributed by atoms with Gasteiger partial charge in [-0.05, 0) is 49.0 Å². The first-order chi connectivity index (χ1) is 9.83. The minimum Gasteiger partial charge on any atom is -0.265 e. The molecule has 0 aromatic rings. The standard InChI is InChI=1S/C20H37N/c1-9-11-20(16(5)6)17(7)12-13-19(10-2)14-21-18(8)15(3)4/h10,14-17,20H,2,9,11-13H2,1,3-8H3/b19-14+,21-18-. The lowest BCUT2D eigenvalue weighted by Gasteiger charge is -2.27. The van der Waals surface area contributed by atoms with Crippen molar-refractivity contribution in [3.63, 3.8) is 0 Å². The van der Waals surface area contributed by atoms with Gasteiger partial charge < -0.3 is 0 Å². The molecule has 0 saturated carbocycles. The Bertz CT molecular complexity index is 347. The summed E-state index contributed by atoms with van der Waals surface area (Å²) in [5, 5.41) is 0. The lowest BCUT2D eigenvalue weighted by molar-refractivity contribution is 0.240. The molecule has 0 aliphatic rings. The van der Waals surface area contributed by atoms with Crippen LogP contribution in [0.1, 0.15) is 74.1 Å². The fraction of sp³-hybridized carbons (Fsp3) is 0.750. The van der Waals surface area contributed by atoms with Gasteiger partial charge in [0.25, 0.3) is 0 Å². The normalized spacial score (nSPS) is 16.4. The molecule has 0 radical (unpaired) electrons. The van der Waals surface area contributed by atoms with Crippen LogP contribution in [0, 0.1) is 23.7 Å². The molecule has 0 aliphatic heterocycles. The van der Waals surface area contributed by atoms with E-state index in [0.29, 0.717) is 5.92 Å². The smallest absolute Gasteiger partial charge is 0.0299 e. The van der Waals surface area contributed by atoms with Crippen LogP contribution in [0.2, 0.25) is 0 Å². The van der Waals surface area contributed by atoms with E-state index in [1.807, 2.05) is 12.3 Å². The van der Waals surface area contributed by atoms with Crippen molar-refractivity contribution in [3.05, 3.63) is 24.4 Å². The summed E-state index contributed by atoms with van der Waals surface area (Å²) in [4.78, 5) is 4.57. The van der Waals surface area contributed by atoms with Gasteiger partial charge in [-0.15, -0.1) is 0 Å². The van der Waals surface area contributed by atoms with Crippen LogP contribution in [0.4, 0.5) is 0 Å². The van der Waals surface area contributed by atoms with Crippen molar-refractivity contribution in [2.45, 2.75) is 74.1 Å². The molecule has 1 heteroatoms. The molecule has 2 atom stereocenters. The molecular formula is C20H37N. The summed E-state index contributed by atoms with van der Waals surface area (Å²) in [5.41, 5.74) is 2.45. The zero-order chi connectivity index (χ0) is 16.4. The van der Waals surface area contributed by atoms with E-state index in [2.05, 4.69) is 60.0 Å². The Morgan fingerprint density at radius 1 is 1.10 bits per heavy atom. The van der Waals surface area contributed by atoms with E-state index in [0.717, 1.165) is 24.2 Å². The lowest BCUT2D eigenvalue weighted by atomic mass is 9.79. The van der Waals surface area contributed by atoms with Crippen LogP contribution in [0.5, 0.6) is 0 Å². The molecule has 122 valence electrons. The SMILES string of the molecule is C=C/C(=C\N=C(\C)C(C)C)CCC(C)C(CCC)C(C)C. The van der Waals surface area contributed by atoms with E-state index in [4.69, 9.17) is 0 Å². The van der Waals surface area contributed by atoms with Gasteiger partial charge in [0.15, 0.2) is 0 Å². The van der Waals surface area contributed by atoms with Gasteiger partial charge in [-0.3, -0.25) is 4.99 Å². The molecule has 0 fully saturated rings. The maximum Gasteiger partial charge on any atom is 0.0299 e. The maximum absolute atomic E-state index is 4.57. The number of allylic oxidation sites excluding steroid dienone is 2. The van der Waals surface area contributed by atoms with Crippen molar-refractivity contribution in [1.29, 1.82) is 0 Å². The largest absolute Gasteiger partial charge is 0.265 e. The average molecular weight is 292 g/mol. The first kappa shape index (κ1) is 20.1. The van der Waals surface area contributed by atoms with Crippen molar-refractivity contribution in [2.24, 2.45) is 28.7 Å². The summed E-state index contributed by atoms with van der Waals surface area (Å²) in [6.45, 7) is 19.8. The molecule has 0 rings (SSSR count). The number of hydrogen-bond acceptors (Lipinski definition) is 1. The fourth-order valence-electron chi connectivity index (χ4n) is 2.77. The van der Waals surface area contributed by atoms with Gasteiger partial charge in [-0.2, -0.15) is 0 Å². The van der Waals surface area contributed by atoms with Crippen molar-refractivity contribution >= 4 is 5.71 Å². The highest BCUT2D eigenvalue weighted by atomic mass is 14.7. The molecule has 1 nitrogen and oxygen atoms in total. The van der Waals surface area contributed by atoms with Gasteiger partial charge in [-0.1, -0.05) is 67.0 Å². The van der Waals surface area contributed by atoms with Crippen molar-refractivity contribution in [2.75, 3.05) is 0 Å². The van der Waals surface area contributed by atoms with Crippen LogP contribution in [0.25, 0.3) is 0 Å². The monoisotopic (exact) mass is 291 g/mol. The van der Waals surface area contributed by atoms with Gasteiger partial charge in [0.1, 0.15) is 0 Å². The Hall–Kier alpha value is -0.850. The fourth-order valence-corrected chi connectivity index (χ4v) is 2.77. The molecule has 0 N–H and O–H groups in total. The first-order valence-corrected chi connectivity index (χ1v) is 8.69. The van der Waals surface area contributed by atoms with Crippen LogP contribution >= 0.6 is 0 Å². The Morgan fingerprint density at radius 2 is 1.71 bits per heavy atom. The highest BCUT2D eigenvalue weighted by molar-refractivity contribution is 5.84. The maximum atomic E-state index is 4.57. The average Bonchev–Trinajstić information content (AvgIpc) is 2.43. The Morgan fingerprint density at radius 3 is 2.14 bits per heavy atom. The van der Waals surface area contributed by atoms with Crippen molar-refractivity contribution < 1.29 is 0 Å². The van der Waals surface area contributed by atoms with Crippen LogP contribution < -0.4 is 0 Å². The minimum atomic E-state index is 0.515. The molecule has 0 aromatic heterocycles. The molecule has 0 aliphatic carbocycles. The molecule has 0 bridgehead atoms. The Balaban J connectivity index is 4.61. The molecule has 0 spiro atoms. The predicted octanol–water partition coefficient (Wildman–Crippen LogP) is 6.66. The molecular weight excluding hydrogens is 254 g/mol. The Kier molecular flexibility index (Phi) is 10.4. The van der Waals surface area contributed by atoms with Gasteiger partial charge in [-0.25, -0.2) is 0 Å². The molecule has 0 heterocycles. The predicted molar refractivity (Wildman–Crippen MR) is 97.9 cm³/mol. The molecule has 0 saturated heterocycles. The highest BCUT2D eigenvalue weighted by Gasteiger charge is 2.19. The van der Waals surface area contributed by atoms with E-state index >= 15 is 0 Å². The third kappa shape index (κ3) is 8.24. The second kappa shape index (κ2) is 10.8. The zero-order valence-electron chi connectivity index (χ0n) is 15.4. The van der Waals surface area contributed by atoms with Crippen LogP contribution in [-0.2, 0) is 0 Å². The molecule has 2 unspecified atom stereocenters. The van der Waals surface area contributed by atoms with E-state index in [1.165, 1.54) is 30.5 Å². The second-order valence-corrected chi connectivity index (χ2v) is 7.05. The van der Waals surface area contributed by atoms with Crippen LogP contribution in [0.3, 0.4) is 0 Å². The number of aliphatic imine (C=N–C) groups is 1. The topological polar surface area (TPSA) is 12.4 Å². The number of hydrogen-bond donors (Lipinski definition) is 0. The van der Waals surface area contributed by atoms with Crippen LogP contribution in [0.15, 0.2) is 29.4 Å². The summed E-state index contributed by atoms with van der Waals surface area (Å²) in [7, 11) is 0. The van der Waals surface area contributed by atoms with E-state index in [9.17, 15) is 0 Å². The van der Waals surface area contributed by atoms with Crippen molar-refractivity contribution in [1.82, 2.24) is 0 Å². The molecule has 0 amide bonds. The molecule has 21 heavy (non-hydrogen) atoms. The van der Waals surface area contributed by atoms with Gasteiger partial charge >= 0.3 is 0 Å². The number of nitrogens with zero attached hydrogens (tertiary/aromatic N) is 1. The highest BCUT2D eigenvalue weighted by Crippen LogP contribution is 2.30. The summed E-state index contributed by atoms with van der Waals surface area (Å²) in [6, 6.07) is 0. The number of rotatable bonds is 10. The summed E-state index contributed by atoms with van der Waals surface area (Å²) < 4.78 is 0. The second-order valence-electron chi connectivity index (χ2n) is 7.05. The first-order valence-electron chi connectivity index (χ1n) is 8.69. The summed E-state index contributed by atoms with van der Waals surface area (Å²) in [5.74, 6) is 2.89. The summed E-state index contributed by atoms with van der Waals surface area (Å²) >= 11 is 0. The van der Waals surface area contributed by atoms with Gasteiger partial charge in [0.2, 0.25) is 0 Å². The van der Waals surface area contributed by atoms with Gasteiger partial charge in [0.05, 0.1) is 0 Å². The van der Waals surface area contributed by atoms with Gasteiger partial charge in [0, 0.05) is 11.9 Å². The minimum absolute atomic E-state index is 0.515. The van der Waals surface area contributed by atoms with E-state index in [-0.39, 0.29) is 0 Å². The van der Waals surface area contributed by atoms with E-state index in [1.54, 1.807) is 0 Å². The summed E-state index contributed by atoms with van der Waals surface area (Å²) in [6.07, 6.45) is 8.93. The zero-order valence-corrected chi connectivity index (χ0v) is 15.4. The van der Waals surface area contributed by atoms with E-state index < -0.39 is 0 Å². The third-order valence-corrected chi connectivity index (χ3v) is 4.63.